The molecule has 25 heavy (non-hydrogen) atoms. The summed E-state index contributed by atoms with van der Waals surface area (Å²) in [7, 11) is 1.92. The summed E-state index contributed by atoms with van der Waals surface area (Å²) in [6.45, 7) is 5.77. The van der Waals surface area contributed by atoms with Gasteiger partial charge in [-0.25, -0.2) is 9.97 Å². The summed E-state index contributed by atoms with van der Waals surface area (Å²) >= 11 is 1.60. The van der Waals surface area contributed by atoms with Crippen LogP contribution in [0.2, 0.25) is 0 Å². The Balaban J connectivity index is 1.47. The number of nitrogens with zero attached hydrogens (tertiary/aromatic N) is 4. The van der Waals surface area contributed by atoms with E-state index in [0.29, 0.717) is 18.2 Å². The number of carbonyl (C=O) groups is 1. The Labute approximate surface area is 151 Å². The molecule has 2 aliphatic rings. The maximum Gasteiger partial charge on any atom is 0.232 e. The van der Waals surface area contributed by atoms with Gasteiger partial charge in [0.2, 0.25) is 5.91 Å². The van der Waals surface area contributed by atoms with Gasteiger partial charge in [-0.15, -0.1) is 11.3 Å². The summed E-state index contributed by atoms with van der Waals surface area (Å²) in [4.78, 5) is 25.4. The summed E-state index contributed by atoms with van der Waals surface area (Å²) in [6.07, 6.45) is 4.99. The summed E-state index contributed by atoms with van der Waals surface area (Å²) in [5.74, 6) is 0.549. The molecule has 0 spiro atoms. The highest BCUT2D eigenvalue weighted by atomic mass is 32.1. The third kappa shape index (κ3) is 3.21. The predicted octanol–water partition coefficient (Wildman–Crippen LogP) is 1.97. The van der Waals surface area contributed by atoms with Gasteiger partial charge in [0.1, 0.15) is 11.9 Å². The van der Waals surface area contributed by atoms with Crippen molar-refractivity contribution in [3.8, 4) is 0 Å². The molecule has 0 aromatic carbocycles. The SMILES string of the molecule is CCN1CCc2nc(NC(=O)[C@@H]3CCO[C@H]3c3nccn3C)sc2C1. The molecular weight excluding hydrogens is 338 g/mol. The number of anilines is 1. The quantitative estimate of drug-likeness (QED) is 0.901. The maximum absolute atomic E-state index is 12.8. The first-order valence-corrected chi connectivity index (χ1v) is 9.58. The van der Waals surface area contributed by atoms with E-state index in [9.17, 15) is 4.79 Å². The van der Waals surface area contributed by atoms with Crippen molar-refractivity contribution in [1.82, 2.24) is 19.4 Å². The van der Waals surface area contributed by atoms with Crippen molar-refractivity contribution in [2.45, 2.75) is 32.4 Å². The van der Waals surface area contributed by atoms with Crippen molar-refractivity contribution < 1.29 is 9.53 Å². The second kappa shape index (κ2) is 6.86. The van der Waals surface area contributed by atoms with E-state index in [1.165, 1.54) is 4.88 Å². The van der Waals surface area contributed by atoms with Crippen LogP contribution >= 0.6 is 11.3 Å². The Morgan fingerprint density at radius 1 is 1.52 bits per heavy atom. The van der Waals surface area contributed by atoms with Gasteiger partial charge in [-0.05, 0) is 13.0 Å². The average molecular weight is 361 g/mol. The zero-order valence-corrected chi connectivity index (χ0v) is 15.4. The lowest BCUT2D eigenvalue weighted by Gasteiger charge is -2.23. The highest BCUT2D eigenvalue weighted by Crippen LogP contribution is 2.35. The Hall–Kier alpha value is -1.77. The first kappa shape index (κ1) is 16.7. The molecule has 0 saturated carbocycles. The van der Waals surface area contributed by atoms with Gasteiger partial charge in [-0.3, -0.25) is 9.69 Å². The van der Waals surface area contributed by atoms with Crippen LogP contribution in [-0.4, -0.2) is 45.0 Å². The smallest absolute Gasteiger partial charge is 0.232 e. The van der Waals surface area contributed by atoms with Crippen molar-refractivity contribution in [2.75, 3.05) is 25.0 Å². The number of carbonyl (C=O) groups excluding carboxylic acids is 1. The molecule has 1 fully saturated rings. The third-order valence-corrected chi connectivity index (χ3v) is 6.03. The molecule has 1 saturated heterocycles. The molecule has 1 amide bonds. The van der Waals surface area contributed by atoms with Crippen molar-refractivity contribution in [1.29, 1.82) is 0 Å². The Bertz CT molecular complexity index is 771. The maximum atomic E-state index is 12.8. The molecule has 0 aliphatic carbocycles. The van der Waals surface area contributed by atoms with Crippen LogP contribution < -0.4 is 5.32 Å². The molecule has 0 bridgehead atoms. The molecule has 2 aliphatic heterocycles. The number of aromatic nitrogens is 3. The van der Waals surface area contributed by atoms with Gasteiger partial charge >= 0.3 is 0 Å². The largest absolute Gasteiger partial charge is 0.369 e. The number of thiazole rings is 1. The zero-order valence-electron chi connectivity index (χ0n) is 14.6. The number of imidazole rings is 1. The first-order chi connectivity index (χ1) is 12.2. The standard InChI is InChI=1S/C17H23N5O2S/c1-3-22-7-4-12-13(10-22)25-17(19-12)20-16(23)11-5-9-24-14(11)15-18-6-8-21(15)2/h6,8,11,14H,3-5,7,9-10H2,1-2H3,(H,19,20,23)/t11-,14-/m1/s1. The second-order valence-electron chi connectivity index (χ2n) is 6.58. The van der Waals surface area contributed by atoms with E-state index in [0.717, 1.165) is 37.6 Å². The van der Waals surface area contributed by atoms with E-state index >= 15 is 0 Å². The highest BCUT2D eigenvalue weighted by Gasteiger charge is 2.38. The van der Waals surface area contributed by atoms with Crippen LogP contribution in [0, 0.1) is 5.92 Å². The van der Waals surface area contributed by atoms with Crippen molar-refractivity contribution in [2.24, 2.45) is 13.0 Å². The second-order valence-corrected chi connectivity index (χ2v) is 7.66. The number of rotatable bonds is 4. The lowest BCUT2D eigenvalue weighted by Crippen LogP contribution is -2.29. The monoisotopic (exact) mass is 361 g/mol. The topological polar surface area (TPSA) is 72.3 Å². The van der Waals surface area contributed by atoms with Gasteiger partial charge < -0.3 is 14.6 Å². The molecule has 8 heteroatoms. The molecule has 7 nitrogen and oxygen atoms in total. The van der Waals surface area contributed by atoms with Gasteiger partial charge in [0.25, 0.3) is 0 Å². The van der Waals surface area contributed by atoms with Gasteiger partial charge in [0, 0.05) is 50.4 Å². The van der Waals surface area contributed by atoms with Crippen LogP contribution in [0.15, 0.2) is 12.4 Å². The third-order valence-electron chi connectivity index (χ3n) is 5.03. The van der Waals surface area contributed by atoms with Crippen LogP contribution in [0.1, 0.15) is 35.8 Å². The van der Waals surface area contributed by atoms with Crippen molar-refractivity contribution >= 4 is 22.4 Å². The molecule has 4 rings (SSSR count). The number of fused-ring (bicyclic) bond motifs is 1. The van der Waals surface area contributed by atoms with E-state index in [2.05, 4.69) is 27.1 Å². The number of amides is 1. The van der Waals surface area contributed by atoms with Crippen LogP contribution in [0.5, 0.6) is 0 Å². The predicted molar refractivity (Wildman–Crippen MR) is 95.4 cm³/mol. The average Bonchev–Trinajstić information content (AvgIpc) is 3.31. The van der Waals surface area contributed by atoms with Crippen LogP contribution in [0.4, 0.5) is 5.13 Å². The fourth-order valence-electron chi connectivity index (χ4n) is 3.53. The molecule has 0 unspecified atom stereocenters. The number of nitrogens with one attached hydrogen (secondary N) is 1. The van der Waals surface area contributed by atoms with Gasteiger partial charge in [-0.1, -0.05) is 6.92 Å². The fraction of sp³-hybridized carbons (Fsp3) is 0.588. The van der Waals surface area contributed by atoms with E-state index in [1.807, 2.05) is 17.8 Å². The van der Waals surface area contributed by atoms with Crippen LogP contribution in [0.3, 0.4) is 0 Å². The summed E-state index contributed by atoms with van der Waals surface area (Å²) in [6, 6.07) is 0. The number of ether oxygens (including phenoxy) is 1. The van der Waals surface area contributed by atoms with E-state index < -0.39 is 0 Å². The van der Waals surface area contributed by atoms with Crippen molar-refractivity contribution in [3.63, 3.8) is 0 Å². The molecule has 1 N–H and O–H groups in total. The fourth-order valence-corrected chi connectivity index (χ4v) is 4.59. The minimum atomic E-state index is -0.287. The summed E-state index contributed by atoms with van der Waals surface area (Å²) in [5, 5.41) is 3.73. The molecule has 134 valence electrons. The normalized spacial score (nSPS) is 23.6. The Morgan fingerprint density at radius 2 is 2.40 bits per heavy atom. The molecule has 2 aromatic rings. The molecular formula is C17H23N5O2S. The summed E-state index contributed by atoms with van der Waals surface area (Å²) in [5.41, 5.74) is 1.13. The minimum Gasteiger partial charge on any atom is -0.369 e. The minimum absolute atomic E-state index is 0.0241. The first-order valence-electron chi connectivity index (χ1n) is 8.76. The number of hydrogen-bond acceptors (Lipinski definition) is 6. The van der Waals surface area contributed by atoms with Gasteiger partial charge in [0.15, 0.2) is 5.13 Å². The van der Waals surface area contributed by atoms with Gasteiger partial charge in [-0.2, -0.15) is 0 Å². The number of likely N-dealkylation sites (N-methyl/N-ethyl adjacent to an activating group) is 1. The highest BCUT2D eigenvalue weighted by molar-refractivity contribution is 7.15. The van der Waals surface area contributed by atoms with E-state index in [1.54, 1.807) is 17.5 Å². The van der Waals surface area contributed by atoms with E-state index in [-0.39, 0.29) is 17.9 Å². The molecule has 2 aromatic heterocycles. The lowest BCUT2D eigenvalue weighted by atomic mass is 10.00. The molecule has 4 heterocycles. The summed E-state index contributed by atoms with van der Waals surface area (Å²) < 4.78 is 7.71. The van der Waals surface area contributed by atoms with Crippen molar-refractivity contribution in [3.05, 3.63) is 28.8 Å². The number of aryl methyl sites for hydroxylation is 1. The van der Waals surface area contributed by atoms with Gasteiger partial charge in [0.05, 0.1) is 11.6 Å². The van der Waals surface area contributed by atoms with E-state index in [4.69, 9.17) is 4.74 Å². The molecule has 2 atom stereocenters. The Kier molecular flexibility index (Phi) is 4.58. The lowest BCUT2D eigenvalue weighted by molar-refractivity contribution is -0.121. The number of hydrogen-bond donors (Lipinski definition) is 1. The van der Waals surface area contributed by atoms with Crippen LogP contribution in [-0.2, 0) is 29.5 Å². The molecule has 0 radical (unpaired) electrons. The zero-order chi connectivity index (χ0) is 17.4. The Morgan fingerprint density at radius 3 is 3.16 bits per heavy atom. The van der Waals surface area contributed by atoms with Crippen LogP contribution in [0.25, 0.3) is 0 Å².